The first-order valence-corrected chi connectivity index (χ1v) is 7.35. The highest BCUT2D eigenvalue weighted by atomic mass is 16.1. The Bertz CT molecular complexity index is 264. The van der Waals surface area contributed by atoms with Gasteiger partial charge in [-0.25, -0.2) is 0 Å². The number of hydrogen-bond donors (Lipinski definition) is 2. The normalized spacial score (nSPS) is 21.4. The molecule has 2 unspecified atom stereocenters. The predicted octanol–water partition coefficient (Wildman–Crippen LogP) is 2.83. The Hall–Kier alpha value is -0.570. The molecule has 1 fully saturated rings. The van der Waals surface area contributed by atoms with E-state index in [0.29, 0.717) is 18.4 Å². The summed E-state index contributed by atoms with van der Waals surface area (Å²) in [6.07, 6.45) is 6.92. The van der Waals surface area contributed by atoms with Crippen molar-refractivity contribution in [3.8, 4) is 0 Å². The van der Waals surface area contributed by atoms with Crippen LogP contribution in [0.4, 0.5) is 0 Å². The summed E-state index contributed by atoms with van der Waals surface area (Å²) in [5.74, 6) is 0.768. The SMILES string of the molecule is CC(NC(=O)CC(N)C(C)(C)C)C1CCCCC1. The van der Waals surface area contributed by atoms with E-state index in [2.05, 4.69) is 33.0 Å². The topological polar surface area (TPSA) is 55.1 Å². The smallest absolute Gasteiger partial charge is 0.221 e. The lowest BCUT2D eigenvalue weighted by atomic mass is 9.83. The van der Waals surface area contributed by atoms with Gasteiger partial charge in [-0.05, 0) is 31.1 Å². The van der Waals surface area contributed by atoms with E-state index in [1.165, 1.54) is 32.1 Å². The van der Waals surface area contributed by atoms with Crippen molar-refractivity contribution in [2.75, 3.05) is 0 Å². The molecule has 0 radical (unpaired) electrons. The molecule has 0 saturated heterocycles. The van der Waals surface area contributed by atoms with Crippen LogP contribution < -0.4 is 11.1 Å². The van der Waals surface area contributed by atoms with Gasteiger partial charge in [0.25, 0.3) is 0 Å². The maximum atomic E-state index is 12.0. The lowest BCUT2D eigenvalue weighted by Gasteiger charge is -2.30. The second-order valence-corrected chi connectivity index (χ2v) is 6.93. The third kappa shape index (κ3) is 4.97. The van der Waals surface area contributed by atoms with Gasteiger partial charge in [-0.3, -0.25) is 4.79 Å². The summed E-state index contributed by atoms with van der Waals surface area (Å²) < 4.78 is 0. The van der Waals surface area contributed by atoms with Crippen molar-refractivity contribution in [3.05, 3.63) is 0 Å². The Morgan fingerprint density at radius 2 is 1.83 bits per heavy atom. The zero-order chi connectivity index (χ0) is 13.8. The van der Waals surface area contributed by atoms with Crippen LogP contribution >= 0.6 is 0 Å². The molecule has 18 heavy (non-hydrogen) atoms. The van der Waals surface area contributed by atoms with E-state index >= 15 is 0 Å². The van der Waals surface area contributed by atoms with Crippen LogP contribution in [0.2, 0.25) is 0 Å². The van der Waals surface area contributed by atoms with Gasteiger partial charge in [-0.2, -0.15) is 0 Å². The molecule has 2 atom stereocenters. The first-order valence-electron chi connectivity index (χ1n) is 7.35. The molecule has 0 aliphatic heterocycles. The average Bonchev–Trinajstić information content (AvgIpc) is 2.28. The Morgan fingerprint density at radius 3 is 2.33 bits per heavy atom. The summed E-state index contributed by atoms with van der Waals surface area (Å²) in [7, 11) is 0. The molecule has 3 heteroatoms. The molecule has 3 N–H and O–H groups in total. The third-order valence-electron chi connectivity index (χ3n) is 4.26. The highest BCUT2D eigenvalue weighted by Gasteiger charge is 2.25. The predicted molar refractivity (Wildman–Crippen MR) is 76.2 cm³/mol. The largest absolute Gasteiger partial charge is 0.353 e. The maximum absolute atomic E-state index is 12.0. The Kier molecular flexibility index (Phi) is 5.64. The van der Waals surface area contributed by atoms with Crippen molar-refractivity contribution in [2.45, 2.75) is 78.3 Å². The Balaban J connectivity index is 2.35. The molecule has 1 amide bonds. The molecule has 0 heterocycles. The van der Waals surface area contributed by atoms with E-state index in [1.807, 2.05) is 0 Å². The molecule has 0 spiro atoms. The Labute approximate surface area is 112 Å². The Morgan fingerprint density at radius 1 is 1.28 bits per heavy atom. The minimum atomic E-state index is -0.0731. The molecule has 1 aliphatic carbocycles. The van der Waals surface area contributed by atoms with Crippen molar-refractivity contribution >= 4 is 5.91 Å². The van der Waals surface area contributed by atoms with Crippen molar-refractivity contribution in [1.82, 2.24) is 5.32 Å². The van der Waals surface area contributed by atoms with Crippen LogP contribution in [0.25, 0.3) is 0 Å². The van der Waals surface area contributed by atoms with E-state index < -0.39 is 0 Å². The van der Waals surface area contributed by atoms with Gasteiger partial charge < -0.3 is 11.1 Å². The van der Waals surface area contributed by atoms with Gasteiger partial charge in [0.15, 0.2) is 0 Å². The van der Waals surface area contributed by atoms with Gasteiger partial charge in [0.05, 0.1) is 0 Å². The highest BCUT2D eigenvalue weighted by molar-refractivity contribution is 5.77. The monoisotopic (exact) mass is 254 g/mol. The number of rotatable bonds is 4. The fourth-order valence-corrected chi connectivity index (χ4v) is 2.57. The molecule has 0 bridgehead atoms. The highest BCUT2D eigenvalue weighted by Crippen LogP contribution is 2.26. The molecular formula is C15H30N2O. The maximum Gasteiger partial charge on any atom is 0.221 e. The zero-order valence-corrected chi connectivity index (χ0v) is 12.5. The zero-order valence-electron chi connectivity index (χ0n) is 12.5. The van der Waals surface area contributed by atoms with Gasteiger partial charge in [0.2, 0.25) is 5.91 Å². The van der Waals surface area contributed by atoms with Crippen LogP contribution in [0.15, 0.2) is 0 Å². The average molecular weight is 254 g/mol. The summed E-state index contributed by atoms with van der Waals surface area (Å²) in [5, 5.41) is 3.13. The van der Waals surface area contributed by atoms with Crippen molar-refractivity contribution in [3.63, 3.8) is 0 Å². The molecule has 3 nitrogen and oxygen atoms in total. The van der Waals surface area contributed by atoms with Gasteiger partial charge in [-0.1, -0.05) is 40.0 Å². The van der Waals surface area contributed by atoms with E-state index in [1.54, 1.807) is 0 Å². The van der Waals surface area contributed by atoms with Gasteiger partial charge >= 0.3 is 0 Å². The van der Waals surface area contributed by atoms with Crippen LogP contribution in [-0.2, 0) is 4.79 Å². The number of carbonyl (C=O) groups excluding carboxylic acids is 1. The van der Waals surface area contributed by atoms with Crippen LogP contribution in [0, 0.1) is 11.3 Å². The first-order chi connectivity index (χ1) is 8.30. The number of amides is 1. The molecule has 0 aromatic carbocycles. The number of nitrogens with one attached hydrogen (secondary N) is 1. The molecule has 0 aromatic rings. The van der Waals surface area contributed by atoms with E-state index in [9.17, 15) is 4.79 Å². The second kappa shape index (κ2) is 6.55. The number of hydrogen-bond acceptors (Lipinski definition) is 2. The minimum Gasteiger partial charge on any atom is -0.353 e. The molecule has 1 saturated carbocycles. The third-order valence-corrected chi connectivity index (χ3v) is 4.26. The molecule has 0 aromatic heterocycles. The summed E-state index contributed by atoms with van der Waals surface area (Å²) in [6.45, 7) is 8.37. The standard InChI is InChI=1S/C15H30N2O/c1-11(12-8-6-5-7-9-12)17-14(18)10-13(16)15(2,3)4/h11-13H,5-10,16H2,1-4H3,(H,17,18). The fraction of sp³-hybridized carbons (Fsp3) is 0.933. The lowest BCUT2D eigenvalue weighted by molar-refractivity contribution is -0.123. The minimum absolute atomic E-state index is 0.00852. The van der Waals surface area contributed by atoms with Crippen molar-refractivity contribution < 1.29 is 4.79 Å². The fourth-order valence-electron chi connectivity index (χ4n) is 2.57. The molecule has 1 aliphatic rings. The van der Waals surface area contributed by atoms with Crippen molar-refractivity contribution in [1.29, 1.82) is 0 Å². The summed E-state index contributed by atoms with van der Waals surface area (Å²) in [5.41, 5.74) is 6.04. The van der Waals surface area contributed by atoms with Crippen molar-refractivity contribution in [2.24, 2.45) is 17.1 Å². The van der Waals surface area contributed by atoms with Crippen LogP contribution in [0.3, 0.4) is 0 Å². The van der Waals surface area contributed by atoms with Gasteiger partial charge in [0.1, 0.15) is 0 Å². The van der Waals surface area contributed by atoms with Gasteiger partial charge in [0, 0.05) is 18.5 Å². The second-order valence-electron chi connectivity index (χ2n) is 6.93. The first kappa shape index (κ1) is 15.5. The molecule has 106 valence electrons. The van der Waals surface area contributed by atoms with Crippen LogP contribution in [0.5, 0.6) is 0 Å². The quantitative estimate of drug-likeness (QED) is 0.810. The molecule has 1 rings (SSSR count). The van der Waals surface area contributed by atoms with Crippen LogP contribution in [-0.4, -0.2) is 18.0 Å². The number of nitrogens with two attached hydrogens (primary N) is 1. The lowest BCUT2D eigenvalue weighted by Crippen LogP contribution is -2.44. The van der Waals surface area contributed by atoms with E-state index in [4.69, 9.17) is 5.73 Å². The summed E-state index contributed by atoms with van der Waals surface area (Å²) in [4.78, 5) is 12.0. The van der Waals surface area contributed by atoms with Gasteiger partial charge in [-0.15, -0.1) is 0 Å². The van der Waals surface area contributed by atoms with E-state index in [0.717, 1.165) is 0 Å². The number of carbonyl (C=O) groups is 1. The molecular weight excluding hydrogens is 224 g/mol. The summed E-state index contributed by atoms with van der Waals surface area (Å²) >= 11 is 0. The van der Waals surface area contributed by atoms with Crippen LogP contribution in [0.1, 0.15) is 66.2 Å². The summed E-state index contributed by atoms with van der Waals surface area (Å²) in [6, 6.07) is 0.223. The van der Waals surface area contributed by atoms with E-state index in [-0.39, 0.29) is 17.4 Å².